The van der Waals surface area contributed by atoms with Crippen LogP contribution in [0.4, 0.5) is 4.79 Å². The molecule has 1 rings (SSSR count). The van der Waals surface area contributed by atoms with E-state index >= 15 is 0 Å². The maximum Gasteiger partial charge on any atom is 0.407 e. The molecular formula is C8H12ClN3O2. The normalized spacial score (nSPS) is 9.93. The number of alkyl carbamates (subject to hydrolysis) is 1. The summed E-state index contributed by atoms with van der Waals surface area (Å²) in [6, 6.07) is 0. The first-order valence-corrected chi connectivity index (χ1v) is 4.63. The highest BCUT2D eigenvalue weighted by atomic mass is 35.5. The van der Waals surface area contributed by atoms with E-state index in [9.17, 15) is 4.79 Å². The van der Waals surface area contributed by atoms with Gasteiger partial charge in [-0.25, -0.2) is 9.78 Å². The van der Waals surface area contributed by atoms with Gasteiger partial charge in [0.15, 0.2) is 5.15 Å². The molecule has 0 fully saturated rings. The second-order valence-corrected chi connectivity index (χ2v) is 3.02. The van der Waals surface area contributed by atoms with E-state index < -0.39 is 6.09 Å². The summed E-state index contributed by atoms with van der Waals surface area (Å²) in [4.78, 5) is 17.8. The maximum absolute atomic E-state index is 10.9. The summed E-state index contributed by atoms with van der Waals surface area (Å²) >= 11 is 5.77. The van der Waals surface area contributed by atoms with E-state index in [-0.39, 0.29) is 0 Å². The second kappa shape index (κ2) is 4.85. The number of nitrogens with one attached hydrogen (secondary N) is 2. The lowest BCUT2D eigenvalue weighted by atomic mass is 10.5. The van der Waals surface area contributed by atoms with E-state index in [0.717, 1.165) is 5.82 Å². The van der Waals surface area contributed by atoms with Crippen LogP contribution in [0.2, 0.25) is 5.15 Å². The van der Waals surface area contributed by atoms with Gasteiger partial charge in [-0.1, -0.05) is 11.6 Å². The topological polar surface area (TPSA) is 67.0 Å². The zero-order valence-electron chi connectivity index (χ0n) is 8.06. The number of imidazole rings is 1. The smallest absolute Gasteiger partial charge is 0.407 e. The first-order valence-electron chi connectivity index (χ1n) is 4.25. The van der Waals surface area contributed by atoms with Crippen LogP contribution in [0.3, 0.4) is 0 Å². The quantitative estimate of drug-likeness (QED) is 0.809. The monoisotopic (exact) mass is 217 g/mol. The minimum absolute atomic E-state index is 0.290. The first-order chi connectivity index (χ1) is 6.63. The van der Waals surface area contributed by atoms with E-state index in [4.69, 9.17) is 11.6 Å². The Morgan fingerprint density at radius 3 is 2.93 bits per heavy atom. The third kappa shape index (κ3) is 2.92. The first kappa shape index (κ1) is 10.8. The Bertz CT molecular complexity index is 324. The zero-order valence-corrected chi connectivity index (χ0v) is 8.81. The fourth-order valence-electron chi connectivity index (χ4n) is 0.972. The van der Waals surface area contributed by atoms with Crippen LogP contribution in [0.1, 0.15) is 18.4 Å². The summed E-state index contributed by atoms with van der Waals surface area (Å²) in [5.74, 6) is 0.718. The minimum Gasteiger partial charge on any atom is -0.450 e. The molecule has 14 heavy (non-hydrogen) atoms. The summed E-state index contributed by atoms with van der Waals surface area (Å²) < 4.78 is 4.68. The van der Waals surface area contributed by atoms with Crippen molar-refractivity contribution in [2.45, 2.75) is 20.4 Å². The number of carbonyl (C=O) groups excluding carboxylic acids is 1. The SMILES string of the molecule is CCOC(=O)NCc1[nH]c(C)nc1Cl. The number of halogens is 1. The fraction of sp³-hybridized carbons (Fsp3) is 0.500. The number of amides is 1. The van der Waals surface area contributed by atoms with Gasteiger partial charge >= 0.3 is 6.09 Å². The van der Waals surface area contributed by atoms with Crippen LogP contribution in [0, 0.1) is 6.92 Å². The summed E-state index contributed by atoms with van der Waals surface area (Å²) in [7, 11) is 0. The number of rotatable bonds is 3. The molecule has 0 aromatic carbocycles. The number of carbonyl (C=O) groups is 1. The second-order valence-electron chi connectivity index (χ2n) is 2.67. The molecule has 1 heterocycles. The number of aryl methyl sites for hydroxylation is 1. The largest absolute Gasteiger partial charge is 0.450 e. The van der Waals surface area contributed by atoms with Gasteiger partial charge in [-0.3, -0.25) is 0 Å². The number of hydrogen-bond donors (Lipinski definition) is 2. The molecule has 0 atom stereocenters. The minimum atomic E-state index is -0.462. The molecule has 1 aromatic rings. The van der Waals surface area contributed by atoms with Crippen LogP contribution in [0.5, 0.6) is 0 Å². The third-order valence-electron chi connectivity index (χ3n) is 1.53. The van der Waals surface area contributed by atoms with Crippen molar-refractivity contribution in [2.24, 2.45) is 0 Å². The van der Waals surface area contributed by atoms with Gasteiger partial charge < -0.3 is 15.0 Å². The van der Waals surface area contributed by atoms with E-state index in [1.54, 1.807) is 13.8 Å². The van der Waals surface area contributed by atoms with E-state index in [1.165, 1.54) is 0 Å². The molecule has 0 aliphatic rings. The molecule has 1 aromatic heterocycles. The lowest BCUT2D eigenvalue weighted by molar-refractivity contribution is 0.151. The Morgan fingerprint density at radius 2 is 2.43 bits per heavy atom. The highest BCUT2D eigenvalue weighted by molar-refractivity contribution is 6.30. The van der Waals surface area contributed by atoms with Crippen molar-refractivity contribution in [1.29, 1.82) is 0 Å². The average molecular weight is 218 g/mol. The molecule has 0 unspecified atom stereocenters. The fourth-order valence-corrected chi connectivity index (χ4v) is 1.21. The van der Waals surface area contributed by atoms with Gasteiger partial charge in [0, 0.05) is 0 Å². The number of aromatic amines is 1. The molecule has 6 heteroatoms. The molecule has 0 aliphatic heterocycles. The Balaban J connectivity index is 2.45. The van der Waals surface area contributed by atoms with Crippen molar-refractivity contribution in [1.82, 2.24) is 15.3 Å². The van der Waals surface area contributed by atoms with Crippen molar-refractivity contribution < 1.29 is 9.53 Å². The van der Waals surface area contributed by atoms with Gasteiger partial charge in [0.1, 0.15) is 5.82 Å². The standard InChI is InChI=1S/C8H12ClN3O2/c1-3-14-8(13)10-4-6-7(9)12-5(2)11-6/h3-4H2,1-2H3,(H,10,13)(H,11,12). The number of aromatic nitrogens is 2. The predicted octanol–water partition coefficient (Wildman–Crippen LogP) is 1.62. The van der Waals surface area contributed by atoms with E-state index in [2.05, 4.69) is 20.0 Å². The summed E-state index contributed by atoms with van der Waals surface area (Å²) in [6.45, 7) is 4.17. The van der Waals surface area contributed by atoms with Crippen LogP contribution >= 0.6 is 11.6 Å². The van der Waals surface area contributed by atoms with Gasteiger partial charge in [0.05, 0.1) is 18.8 Å². The summed E-state index contributed by atoms with van der Waals surface area (Å²) in [5.41, 5.74) is 0.678. The number of hydrogen-bond acceptors (Lipinski definition) is 3. The molecule has 1 amide bonds. The van der Waals surface area contributed by atoms with Crippen molar-refractivity contribution >= 4 is 17.7 Å². The van der Waals surface area contributed by atoms with E-state index in [1.807, 2.05) is 0 Å². The Morgan fingerprint density at radius 1 is 1.71 bits per heavy atom. The van der Waals surface area contributed by atoms with E-state index in [0.29, 0.717) is 24.0 Å². The van der Waals surface area contributed by atoms with Crippen LogP contribution in [0.15, 0.2) is 0 Å². The Kier molecular flexibility index (Phi) is 3.76. The molecular weight excluding hydrogens is 206 g/mol. The lowest BCUT2D eigenvalue weighted by Crippen LogP contribution is -2.23. The molecule has 2 N–H and O–H groups in total. The number of ether oxygens (including phenoxy) is 1. The highest BCUT2D eigenvalue weighted by Crippen LogP contribution is 2.11. The van der Waals surface area contributed by atoms with Crippen molar-refractivity contribution in [3.05, 3.63) is 16.7 Å². The Hall–Kier alpha value is -1.23. The van der Waals surface area contributed by atoms with Crippen LogP contribution in [0.25, 0.3) is 0 Å². The van der Waals surface area contributed by atoms with Gasteiger partial charge in [0.25, 0.3) is 0 Å². The zero-order chi connectivity index (χ0) is 10.6. The summed E-state index contributed by atoms with van der Waals surface area (Å²) in [6.07, 6.45) is -0.462. The molecule has 0 saturated carbocycles. The van der Waals surface area contributed by atoms with Gasteiger partial charge in [-0.2, -0.15) is 0 Å². The summed E-state index contributed by atoms with van der Waals surface area (Å²) in [5, 5.41) is 2.91. The third-order valence-corrected chi connectivity index (χ3v) is 1.84. The van der Waals surface area contributed by atoms with Crippen molar-refractivity contribution in [2.75, 3.05) is 6.61 Å². The van der Waals surface area contributed by atoms with Gasteiger partial charge in [0.2, 0.25) is 0 Å². The van der Waals surface area contributed by atoms with Crippen LogP contribution < -0.4 is 5.32 Å². The number of nitrogens with zero attached hydrogens (tertiary/aromatic N) is 1. The molecule has 0 spiro atoms. The lowest BCUT2D eigenvalue weighted by Gasteiger charge is -2.03. The van der Waals surface area contributed by atoms with Gasteiger partial charge in [-0.15, -0.1) is 0 Å². The molecule has 0 bridgehead atoms. The maximum atomic E-state index is 10.9. The molecule has 0 saturated heterocycles. The van der Waals surface area contributed by atoms with Crippen LogP contribution in [-0.4, -0.2) is 22.7 Å². The molecule has 78 valence electrons. The molecule has 0 radical (unpaired) electrons. The van der Waals surface area contributed by atoms with Gasteiger partial charge in [-0.05, 0) is 13.8 Å². The molecule has 5 nitrogen and oxygen atoms in total. The van der Waals surface area contributed by atoms with Crippen LogP contribution in [-0.2, 0) is 11.3 Å². The molecule has 0 aliphatic carbocycles. The predicted molar refractivity (Wildman–Crippen MR) is 52.2 cm³/mol. The van der Waals surface area contributed by atoms with Crippen molar-refractivity contribution in [3.8, 4) is 0 Å². The highest BCUT2D eigenvalue weighted by Gasteiger charge is 2.07. The average Bonchev–Trinajstić information content (AvgIpc) is 2.42. The van der Waals surface area contributed by atoms with Crippen molar-refractivity contribution in [3.63, 3.8) is 0 Å². The Labute approximate surface area is 86.8 Å². The number of H-pyrrole nitrogens is 1.